The van der Waals surface area contributed by atoms with E-state index in [-0.39, 0.29) is 0 Å². The molecule has 18 heavy (non-hydrogen) atoms. The van der Waals surface area contributed by atoms with Gasteiger partial charge in [0.15, 0.2) is 0 Å². The molecule has 0 spiro atoms. The van der Waals surface area contributed by atoms with Crippen LogP contribution in [0.5, 0.6) is 0 Å². The van der Waals surface area contributed by atoms with E-state index < -0.39 is 0 Å². The van der Waals surface area contributed by atoms with Gasteiger partial charge in [0.25, 0.3) is 0 Å². The average molecular weight is 247 g/mol. The Balaban J connectivity index is 2.61. The van der Waals surface area contributed by atoms with Crippen LogP contribution in [-0.4, -0.2) is 13.1 Å². The van der Waals surface area contributed by atoms with Gasteiger partial charge < -0.3 is 5.32 Å². The van der Waals surface area contributed by atoms with Gasteiger partial charge in [0.2, 0.25) is 0 Å². The second kappa shape index (κ2) is 6.38. The summed E-state index contributed by atoms with van der Waals surface area (Å²) < 4.78 is 0. The van der Waals surface area contributed by atoms with E-state index >= 15 is 0 Å². The highest BCUT2D eigenvalue weighted by Gasteiger charge is 2.19. The van der Waals surface area contributed by atoms with E-state index in [1.165, 1.54) is 16.7 Å². The third-order valence-electron chi connectivity index (χ3n) is 3.33. The first kappa shape index (κ1) is 15.2. The Bertz CT molecular complexity index is 377. The topological polar surface area (TPSA) is 12.0 Å². The molecule has 0 fully saturated rings. The second-order valence-corrected chi connectivity index (χ2v) is 6.80. The van der Waals surface area contributed by atoms with Crippen molar-refractivity contribution in [1.29, 1.82) is 0 Å². The normalized spacial score (nSPS) is 12.2. The van der Waals surface area contributed by atoms with Gasteiger partial charge in [-0.25, -0.2) is 0 Å². The van der Waals surface area contributed by atoms with Gasteiger partial charge in [-0.3, -0.25) is 0 Å². The standard InChI is InChI=1S/C17H29N/c1-13(2)11-18-12-17(5,6)10-16-9-14(3)7-8-15(16)4/h7-9,13,18H,10-12H2,1-6H3. The number of aryl methyl sites for hydroxylation is 2. The molecular formula is C17H29N. The van der Waals surface area contributed by atoms with Crippen molar-refractivity contribution in [2.24, 2.45) is 11.3 Å². The summed E-state index contributed by atoms with van der Waals surface area (Å²) in [5.41, 5.74) is 4.58. The average Bonchev–Trinajstić information content (AvgIpc) is 2.22. The lowest BCUT2D eigenvalue weighted by Gasteiger charge is -2.27. The minimum Gasteiger partial charge on any atom is -0.316 e. The summed E-state index contributed by atoms with van der Waals surface area (Å²) in [6.07, 6.45) is 1.14. The largest absolute Gasteiger partial charge is 0.316 e. The van der Waals surface area contributed by atoms with E-state index in [0.29, 0.717) is 5.41 Å². The highest BCUT2D eigenvalue weighted by Crippen LogP contribution is 2.23. The van der Waals surface area contributed by atoms with Crippen LogP contribution in [0, 0.1) is 25.2 Å². The molecule has 0 amide bonds. The summed E-state index contributed by atoms with van der Waals surface area (Å²) in [4.78, 5) is 0. The van der Waals surface area contributed by atoms with Crippen LogP contribution in [-0.2, 0) is 6.42 Å². The molecule has 1 aromatic carbocycles. The number of nitrogens with one attached hydrogen (secondary N) is 1. The Morgan fingerprint density at radius 2 is 1.83 bits per heavy atom. The predicted molar refractivity (Wildman–Crippen MR) is 81.1 cm³/mol. The number of benzene rings is 1. The van der Waals surface area contributed by atoms with E-state index in [9.17, 15) is 0 Å². The van der Waals surface area contributed by atoms with Gasteiger partial charge in [0.05, 0.1) is 0 Å². The molecule has 0 aliphatic carbocycles. The zero-order chi connectivity index (χ0) is 13.8. The maximum absolute atomic E-state index is 3.58. The molecule has 0 atom stereocenters. The molecule has 1 N–H and O–H groups in total. The maximum atomic E-state index is 3.58. The van der Waals surface area contributed by atoms with Crippen molar-refractivity contribution in [3.8, 4) is 0 Å². The Morgan fingerprint density at radius 3 is 2.44 bits per heavy atom. The van der Waals surface area contributed by atoms with E-state index in [1.54, 1.807) is 0 Å². The molecule has 1 heteroatoms. The van der Waals surface area contributed by atoms with Crippen LogP contribution >= 0.6 is 0 Å². The van der Waals surface area contributed by atoms with Crippen LogP contribution in [0.2, 0.25) is 0 Å². The molecule has 1 rings (SSSR count). The Labute approximate surface area is 113 Å². The summed E-state index contributed by atoms with van der Waals surface area (Å²) in [6, 6.07) is 6.77. The summed E-state index contributed by atoms with van der Waals surface area (Å²) in [5, 5.41) is 3.58. The number of hydrogen-bond donors (Lipinski definition) is 1. The van der Waals surface area contributed by atoms with Crippen molar-refractivity contribution in [1.82, 2.24) is 5.32 Å². The first-order valence-electron chi connectivity index (χ1n) is 7.07. The third-order valence-corrected chi connectivity index (χ3v) is 3.33. The van der Waals surface area contributed by atoms with Crippen LogP contribution in [0.3, 0.4) is 0 Å². The van der Waals surface area contributed by atoms with Gasteiger partial charge in [0.1, 0.15) is 0 Å². The molecule has 0 aromatic heterocycles. The van der Waals surface area contributed by atoms with E-state index in [2.05, 4.69) is 65.1 Å². The first-order chi connectivity index (χ1) is 8.30. The lowest BCUT2D eigenvalue weighted by molar-refractivity contribution is 0.330. The fraction of sp³-hybridized carbons (Fsp3) is 0.647. The van der Waals surface area contributed by atoms with Crippen molar-refractivity contribution in [2.75, 3.05) is 13.1 Å². The van der Waals surface area contributed by atoms with Crippen molar-refractivity contribution in [3.63, 3.8) is 0 Å². The minimum atomic E-state index is 0.313. The SMILES string of the molecule is Cc1ccc(C)c(CC(C)(C)CNCC(C)C)c1. The molecule has 102 valence electrons. The molecule has 0 aliphatic rings. The van der Waals surface area contributed by atoms with Crippen molar-refractivity contribution < 1.29 is 0 Å². The minimum absolute atomic E-state index is 0.313. The fourth-order valence-corrected chi connectivity index (χ4v) is 2.27. The monoisotopic (exact) mass is 247 g/mol. The predicted octanol–water partition coefficient (Wildman–Crippen LogP) is 4.12. The van der Waals surface area contributed by atoms with E-state index in [0.717, 1.165) is 25.4 Å². The zero-order valence-electron chi connectivity index (χ0n) is 12.9. The van der Waals surface area contributed by atoms with Crippen LogP contribution < -0.4 is 5.32 Å². The van der Waals surface area contributed by atoms with Gasteiger partial charge in [0, 0.05) is 6.54 Å². The number of hydrogen-bond acceptors (Lipinski definition) is 1. The Hall–Kier alpha value is -0.820. The Kier molecular flexibility index (Phi) is 5.40. The molecule has 0 saturated heterocycles. The zero-order valence-corrected chi connectivity index (χ0v) is 12.9. The number of rotatable bonds is 6. The molecule has 0 radical (unpaired) electrons. The Morgan fingerprint density at radius 1 is 1.17 bits per heavy atom. The molecule has 1 aromatic rings. The third kappa shape index (κ3) is 5.22. The van der Waals surface area contributed by atoms with Crippen LogP contribution in [0.4, 0.5) is 0 Å². The van der Waals surface area contributed by atoms with Gasteiger partial charge in [-0.1, -0.05) is 51.5 Å². The fourth-order valence-electron chi connectivity index (χ4n) is 2.27. The van der Waals surface area contributed by atoms with Gasteiger partial charge in [-0.05, 0) is 49.3 Å². The summed E-state index contributed by atoms with van der Waals surface area (Å²) in [7, 11) is 0. The lowest BCUT2D eigenvalue weighted by atomic mass is 9.83. The van der Waals surface area contributed by atoms with Gasteiger partial charge in [-0.2, -0.15) is 0 Å². The summed E-state index contributed by atoms with van der Waals surface area (Å²) >= 11 is 0. The highest BCUT2D eigenvalue weighted by molar-refractivity contribution is 5.31. The van der Waals surface area contributed by atoms with E-state index in [4.69, 9.17) is 0 Å². The quantitative estimate of drug-likeness (QED) is 0.797. The summed E-state index contributed by atoms with van der Waals surface area (Å²) in [5.74, 6) is 0.724. The van der Waals surface area contributed by atoms with E-state index in [1.807, 2.05) is 0 Å². The first-order valence-corrected chi connectivity index (χ1v) is 7.07. The smallest absolute Gasteiger partial charge is 0.000581 e. The molecule has 1 nitrogen and oxygen atoms in total. The second-order valence-electron chi connectivity index (χ2n) is 6.80. The molecule has 0 unspecified atom stereocenters. The highest BCUT2D eigenvalue weighted by atomic mass is 14.9. The lowest BCUT2D eigenvalue weighted by Crippen LogP contribution is -2.33. The van der Waals surface area contributed by atoms with Gasteiger partial charge in [-0.15, -0.1) is 0 Å². The van der Waals surface area contributed by atoms with Crippen molar-refractivity contribution in [2.45, 2.75) is 48.0 Å². The van der Waals surface area contributed by atoms with Crippen LogP contribution in [0.1, 0.15) is 44.4 Å². The van der Waals surface area contributed by atoms with Crippen molar-refractivity contribution >= 4 is 0 Å². The molecule has 0 saturated carbocycles. The summed E-state index contributed by atoms with van der Waals surface area (Å²) in [6.45, 7) is 15.8. The van der Waals surface area contributed by atoms with Crippen LogP contribution in [0.25, 0.3) is 0 Å². The molecular weight excluding hydrogens is 218 g/mol. The maximum Gasteiger partial charge on any atom is 0.000581 e. The van der Waals surface area contributed by atoms with Crippen LogP contribution in [0.15, 0.2) is 18.2 Å². The molecule has 0 heterocycles. The van der Waals surface area contributed by atoms with Gasteiger partial charge >= 0.3 is 0 Å². The van der Waals surface area contributed by atoms with Crippen molar-refractivity contribution in [3.05, 3.63) is 34.9 Å². The molecule has 0 bridgehead atoms. The molecule has 0 aliphatic heterocycles.